The maximum Gasteiger partial charge on any atom is 0.135 e. The van der Waals surface area contributed by atoms with Crippen molar-refractivity contribution in [2.45, 2.75) is 0 Å². The van der Waals surface area contributed by atoms with E-state index in [-0.39, 0.29) is 10.6 Å². The SMILES string of the molecule is NC(=S)c1ccc(Nc2ccc(Cl)cc2Br)cc1F. The van der Waals surface area contributed by atoms with Crippen LogP contribution >= 0.6 is 39.7 Å². The van der Waals surface area contributed by atoms with Crippen LogP contribution in [0.4, 0.5) is 15.8 Å². The van der Waals surface area contributed by atoms with Gasteiger partial charge in [0.2, 0.25) is 0 Å². The summed E-state index contributed by atoms with van der Waals surface area (Å²) in [6, 6.07) is 9.89. The van der Waals surface area contributed by atoms with Crippen molar-refractivity contribution in [3.05, 3.63) is 57.3 Å². The molecule has 6 heteroatoms. The fourth-order valence-electron chi connectivity index (χ4n) is 1.54. The van der Waals surface area contributed by atoms with Crippen LogP contribution < -0.4 is 11.1 Å². The van der Waals surface area contributed by atoms with Gasteiger partial charge >= 0.3 is 0 Å². The largest absolute Gasteiger partial charge is 0.389 e. The third-order valence-corrected chi connectivity index (χ3v) is 3.56. The Morgan fingerprint density at radius 3 is 2.58 bits per heavy atom. The highest BCUT2D eigenvalue weighted by Crippen LogP contribution is 2.29. The summed E-state index contributed by atoms with van der Waals surface area (Å²) in [5, 5.41) is 3.69. The zero-order chi connectivity index (χ0) is 14.0. The number of hydrogen-bond acceptors (Lipinski definition) is 2. The maximum absolute atomic E-state index is 13.7. The van der Waals surface area contributed by atoms with Gasteiger partial charge in [0.15, 0.2) is 0 Å². The number of nitrogens with two attached hydrogens (primary N) is 1. The van der Waals surface area contributed by atoms with E-state index in [4.69, 9.17) is 29.6 Å². The first-order valence-electron chi connectivity index (χ1n) is 5.29. The van der Waals surface area contributed by atoms with E-state index in [1.807, 2.05) is 0 Å². The number of benzene rings is 2. The summed E-state index contributed by atoms with van der Waals surface area (Å²) < 4.78 is 14.5. The number of anilines is 2. The standard InChI is InChI=1S/C13H9BrClFN2S/c14-10-5-7(15)1-4-12(10)18-8-2-3-9(13(17)19)11(16)6-8/h1-6,18H,(H2,17,19). The number of nitrogens with one attached hydrogen (secondary N) is 1. The van der Waals surface area contributed by atoms with Crippen molar-refractivity contribution in [1.29, 1.82) is 0 Å². The van der Waals surface area contributed by atoms with E-state index < -0.39 is 5.82 Å². The predicted octanol–water partition coefficient (Wildman–Crippen LogP) is 4.62. The van der Waals surface area contributed by atoms with Gasteiger partial charge in [-0.3, -0.25) is 0 Å². The molecule has 0 heterocycles. The van der Waals surface area contributed by atoms with Crippen LogP contribution in [-0.2, 0) is 0 Å². The molecule has 2 nitrogen and oxygen atoms in total. The van der Waals surface area contributed by atoms with E-state index in [2.05, 4.69) is 21.2 Å². The first-order chi connectivity index (χ1) is 8.97. The molecule has 19 heavy (non-hydrogen) atoms. The summed E-state index contributed by atoms with van der Waals surface area (Å²) >= 11 is 14.0. The van der Waals surface area contributed by atoms with E-state index in [1.54, 1.807) is 30.3 Å². The van der Waals surface area contributed by atoms with Crippen molar-refractivity contribution in [1.82, 2.24) is 0 Å². The monoisotopic (exact) mass is 358 g/mol. The maximum atomic E-state index is 13.7. The second-order valence-electron chi connectivity index (χ2n) is 3.81. The number of rotatable bonds is 3. The Labute approximate surface area is 128 Å². The minimum Gasteiger partial charge on any atom is -0.389 e. The van der Waals surface area contributed by atoms with Gasteiger partial charge in [-0.2, -0.15) is 0 Å². The van der Waals surface area contributed by atoms with E-state index in [1.165, 1.54) is 6.07 Å². The highest BCUT2D eigenvalue weighted by Gasteiger charge is 2.07. The Hall–Kier alpha value is -1.17. The smallest absolute Gasteiger partial charge is 0.135 e. The fraction of sp³-hybridized carbons (Fsp3) is 0. The number of thiocarbonyl (C=S) groups is 1. The molecule has 0 atom stereocenters. The summed E-state index contributed by atoms with van der Waals surface area (Å²) in [6.45, 7) is 0. The molecule has 0 unspecified atom stereocenters. The highest BCUT2D eigenvalue weighted by molar-refractivity contribution is 9.10. The van der Waals surface area contributed by atoms with Crippen LogP contribution in [0.5, 0.6) is 0 Å². The van der Waals surface area contributed by atoms with Crippen molar-refractivity contribution in [3.8, 4) is 0 Å². The molecule has 0 aliphatic rings. The summed E-state index contributed by atoms with van der Waals surface area (Å²) in [4.78, 5) is 0.0386. The lowest BCUT2D eigenvalue weighted by molar-refractivity contribution is 0.626. The van der Waals surface area contributed by atoms with Crippen LogP contribution in [0.15, 0.2) is 40.9 Å². The molecule has 0 saturated heterocycles. The molecule has 98 valence electrons. The predicted molar refractivity (Wildman–Crippen MR) is 84.7 cm³/mol. The third-order valence-electron chi connectivity index (χ3n) is 2.44. The summed E-state index contributed by atoms with van der Waals surface area (Å²) in [6.07, 6.45) is 0. The zero-order valence-electron chi connectivity index (χ0n) is 9.58. The molecule has 0 aliphatic heterocycles. The Kier molecular flexibility index (Phi) is 4.39. The summed E-state index contributed by atoms with van der Waals surface area (Å²) in [5.41, 5.74) is 7.02. The van der Waals surface area contributed by atoms with E-state index in [0.717, 1.165) is 10.2 Å². The van der Waals surface area contributed by atoms with Crippen LogP contribution in [0.3, 0.4) is 0 Å². The van der Waals surface area contributed by atoms with Crippen LogP contribution in [0, 0.1) is 5.82 Å². The molecule has 0 saturated carbocycles. The van der Waals surface area contributed by atoms with Crippen molar-refractivity contribution in [2.75, 3.05) is 5.32 Å². The van der Waals surface area contributed by atoms with Gasteiger partial charge in [0.05, 0.1) is 5.69 Å². The zero-order valence-corrected chi connectivity index (χ0v) is 12.7. The van der Waals surface area contributed by atoms with E-state index in [9.17, 15) is 4.39 Å². The molecule has 0 spiro atoms. The molecular weight excluding hydrogens is 351 g/mol. The topological polar surface area (TPSA) is 38.0 Å². The van der Waals surface area contributed by atoms with E-state index in [0.29, 0.717) is 10.7 Å². The first kappa shape index (κ1) is 14.2. The molecule has 0 bridgehead atoms. The number of halogens is 3. The average Bonchev–Trinajstić information content (AvgIpc) is 2.32. The van der Waals surface area contributed by atoms with Gasteiger partial charge in [0.25, 0.3) is 0 Å². The summed E-state index contributed by atoms with van der Waals surface area (Å²) in [5.74, 6) is -0.456. The lowest BCUT2D eigenvalue weighted by Gasteiger charge is -2.10. The summed E-state index contributed by atoms with van der Waals surface area (Å²) in [7, 11) is 0. The Morgan fingerprint density at radius 1 is 1.26 bits per heavy atom. The van der Waals surface area contributed by atoms with Gasteiger partial charge in [-0.15, -0.1) is 0 Å². The molecule has 0 amide bonds. The lowest BCUT2D eigenvalue weighted by Crippen LogP contribution is -2.11. The Morgan fingerprint density at radius 2 is 2.00 bits per heavy atom. The lowest BCUT2D eigenvalue weighted by atomic mass is 10.2. The molecule has 3 N–H and O–H groups in total. The van der Waals surface area contributed by atoms with Gasteiger partial charge < -0.3 is 11.1 Å². The normalized spacial score (nSPS) is 10.3. The van der Waals surface area contributed by atoms with Crippen LogP contribution in [-0.4, -0.2) is 4.99 Å². The quantitative estimate of drug-likeness (QED) is 0.785. The van der Waals surface area contributed by atoms with Gasteiger partial charge in [0, 0.05) is 20.7 Å². The molecule has 2 aromatic rings. The number of hydrogen-bond donors (Lipinski definition) is 2. The molecule has 0 aliphatic carbocycles. The second kappa shape index (κ2) is 5.86. The molecular formula is C13H9BrClFN2S. The third kappa shape index (κ3) is 3.43. The minimum atomic E-state index is -0.456. The van der Waals surface area contributed by atoms with Crippen molar-refractivity contribution in [2.24, 2.45) is 5.73 Å². The van der Waals surface area contributed by atoms with Crippen molar-refractivity contribution >= 4 is 56.1 Å². The first-order valence-corrected chi connectivity index (χ1v) is 6.87. The molecule has 2 rings (SSSR count). The minimum absolute atomic E-state index is 0.0386. The van der Waals surface area contributed by atoms with Crippen LogP contribution in [0.2, 0.25) is 5.02 Å². The van der Waals surface area contributed by atoms with Gasteiger partial charge in [0.1, 0.15) is 10.8 Å². The Bertz CT molecular complexity index is 649. The Balaban J connectivity index is 2.29. The molecule has 0 radical (unpaired) electrons. The molecule has 0 aromatic heterocycles. The van der Waals surface area contributed by atoms with Gasteiger partial charge in [-0.1, -0.05) is 23.8 Å². The fourth-order valence-corrected chi connectivity index (χ4v) is 2.49. The van der Waals surface area contributed by atoms with Crippen molar-refractivity contribution < 1.29 is 4.39 Å². The van der Waals surface area contributed by atoms with Crippen LogP contribution in [0.25, 0.3) is 0 Å². The molecule has 0 fully saturated rings. The van der Waals surface area contributed by atoms with Crippen molar-refractivity contribution in [3.63, 3.8) is 0 Å². The molecule has 2 aromatic carbocycles. The van der Waals surface area contributed by atoms with E-state index >= 15 is 0 Å². The van der Waals surface area contributed by atoms with Gasteiger partial charge in [-0.05, 0) is 52.3 Å². The average molecular weight is 360 g/mol. The van der Waals surface area contributed by atoms with Gasteiger partial charge in [-0.25, -0.2) is 4.39 Å². The highest BCUT2D eigenvalue weighted by atomic mass is 79.9. The van der Waals surface area contributed by atoms with Crippen LogP contribution in [0.1, 0.15) is 5.56 Å². The second-order valence-corrected chi connectivity index (χ2v) is 5.54.